The standard InChI is InChI=1S/C20H23FN4O2S/c1-3-24(4-2)20-23-16-10-12-28-18(16)19(27)25(20)11-9-17(26)22-13-14-7-5-6-8-15(14)21/h5-8,10,12H,3-4,9,11,13H2,1-2H3,(H,22,26). The zero-order valence-electron chi connectivity index (χ0n) is 15.9. The second-order valence-corrected chi connectivity index (χ2v) is 7.21. The molecule has 1 aromatic carbocycles. The van der Waals surface area contributed by atoms with Gasteiger partial charge in [-0.2, -0.15) is 0 Å². The second kappa shape index (κ2) is 8.97. The van der Waals surface area contributed by atoms with Gasteiger partial charge in [0.2, 0.25) is 11.9 Å². The first kappa shape index (κ1) is 20.0. The first-order valence-electron chi connectivity index (χ1n) is 9.28. The number of carbonyl (C=O) groups excluding carboxylic acids is 1. The van der Waals surface area contributed by atoms with E-state index in [1.807, 2.05) is 30.2 Å². The Morgan fingerprint density at radius 2 is 2.00 bits per heavy atom. The van der Waals surface area contributed by atoms with Gasteiger partial charge < -0.3 is 10.2 Å². The number of nitrogens with one attached hydrogen (secondary N) is 1. The number of fused-ring (bicyclic) bond motifs is 1. The lowest BCUT2D eigenvalue weighted by Crippen LogP contribution is -2.34. The highest BCUT2D eigenvalue weighted by Gasteiger charge is 2.17. The predicted octanol–water partition coefficient (Wildman–Crippen LogP) is 3.15. The third kappa shape index (κ3) is 4.22. The summed E-state index contributed by atoms with van der Waals surface area (Å²) in [6.07, 6.45) is 0.112. The predicted molar refractivity (Wildman–Crippen MR) is 110 cm³/mol. The van der Waals surface area contributed by atoms with Gasteiger partial charge >= 0.3 is 0 Å². The lowest BCUT2D eigenvalue weighted by molar-refractivity contribution is -0.121. The fraction of sp³-hybridized carbons (Fsp3) is 0.350. The summed E-state index contributed by atoms with van der Waals surface area (Å²) in [5, 5.41) is 4.56. The van der Waals surface area contributed by atoms with E-state index in [9.17, 15) is 14.0 Å². The molecule has 0 radical (unpaired) electrons. The van der Waals surface area contributed by atoms with Crippen molar-refractivity contribution in [2.24, 2.45) is 0 Å². The van der Waals surface area contributed by atoms with Crippen molar-refractivity contribution in [2.45, 2.75) is 33.4 Å². The number of nitrogens with zero attached hydrogens (tertiary/aromatic N) is 3. The minimum atomic E-state index is -0.352. The van der Waals surface area contributed by atoms with E-state index in [-0.39, 0.29) is 36.8 Å². The van der Waals surface area contributed by atoms with Crippen LogP contribution in [0.3, 0.4) is 0 Å². The number of amides is 1. The van der Waals surface area contributed by atoms with E-state index in [0.29, 0.717) is 34.8 Å². The van der Waals surface area contributed by atoms with Gasteiger partial charge in [-0.3, -0.25) is 14.2 Å². The van der Waals surface area contributed by atoms with Crippen molar-refractivity contribution in [2.75, 3.05) is 18.0 Å². The third-order valence-electron chi connectivity index (χ3n) is 4.59. The van der Waals surface area contributed by atoms with E-state index in [2.05, 4.69) is 10.3 Å². The van der Waals surface area contributed by atoms with Crippen molar-refractivity contribution in [3.63, 3.8) is 0 Å². The number of thiophene rings is 1. The van der Waals surface area contributed by atoms with Gasteiger partial charge in [-0.05, 0) is 31.4 Å². The van der Waals surface area contributed by atoms with E-state index in [1.165, 1.54) is 17.4 Å². The second-order valence-electron chi connectivity index (χ2n) is 6.29. The molecule has 1 N–H and O–H groups in total. The van der Waals surface area contributed by atoms with Crippen LogP contribution in [0.5, 0.6) is 0 Å². The number of halogens is 1. The van der Waals surface area contributed by atoms with Gasteiger partial charge in [0.05, 0.1) is 5.52 Å². The lowest BCUT2D eigenvalue weighted by Gasteiger charge is -2.23. The van der Waals surface area contributed by atoms with E-state index >= 15 is 0 Å². The lowest BCUT2D eigenvalue weighted by atomic mass is 10.2. The van der Waals surface area contributed by atoms with E-state index < -0.39 is 0 Å². The van der Waals surface area contributed by atoms with Crippen molar-refractivity contribution in [1.82, 2.24) is 14.9 Å². The summed E-state index contributed by atoms with van der Waals surface area (Å²) in [6, 6.07) is 8.16. The minimum absolute atomic E-state index is 0.112. The molecule has 0 spiro atoms. The molecule has 0 saturated heterocycles. The normalized spacial score (nSPS) is 11.0. The number of anilines is 1. The Bertz CT molecular complexity index is 1030. The quantitative estimate of drug-likeness (QED) is 0.629. The molecule has 0 bridgehead atoms. The molecule has 148 valence electrons. The topological polar surface area (TPSA) is 67.2 Å². The molecule has 28 heavy (non-hydrogen) atoms. The van der Waals surface area contributed by atoms with E-state index in [1.54, 1.807) is 22.8 Å². The highest BCUT2D eigenvalue weighted by molar-refractivity contribution is 7.17. The Hall–Kier alpha value is -2.74. The number of hydrogen-bond donors (Lipinski definition) is 1. The molecule has 0 atom stereocenters. The van der Waals surface area contributed by atoms with Gasteiger partial charge in [-0.25, -0.2) is 9.37 Å². The Balaban J connectivity index is 1.76. The van der Waals surface area contributed by atoms with E-state index in [0.717, 1.165) is 0 Å². The van der Waals surface area contributed by atoms with Crippen LogP contribution in [0.1, 0.15) is 25.8 Å². The molecule has 0 saturated carbocycles. The van der Waals surface area contributed by atoms with Gasteiger partial charge in [-0.15, -0.1) is 11.3 Å². The molecule has 1 amide bonds. The third-order valence-corrected chi connectivity index (χ3v) is 5.48. The fourth-order valence-electron chi connectivity index (χ4n) is 3.02. The zero-order chi connectivity index (χ0) is 20.1. The zero-order valence-corrected chi connectivity index (χ0v) is 16.8. The molecule has 0 fully saturated rings. The average molecular weight is 402 g/mol. The van der Waals surface area contributed by atoms with Crippen molar-refractivity contribution < 1.29 is 9.18 Å². The summed E-state index contributed by atoms with van der Waals surface area (Å²) < 4.78 is 15.8. The smallest absolute Gasteiger partial charge is 0.272 e. The van der Waals surface area contributed by atoms with Crippen LogP contribution in [0.25, 0.3) is 10.2 Å². The van der Waals surface area contributed by atoms with Crippen LogP contribution < -0.4 is 15.8 Å². The van der Waals surface area contributed by atoms with E-state index in [4.69, 9.17) is 0 Å². The Morgan fingerprint density at radius 3 is 2.71 bits per heavy atom. The van der Waals surface area contributed by atoms with Crippen LogP contribution in [-0.2, 0) is 17.9 Å². The largest absolute Gasteiger partial charge is 0.352 e. The minimum Gasteiger partial charge on any atom is -0.352 e. The molecule has 3 rings (SSSR count). The fourth-order valence-corrected chi connectivity index (χ4v) is 3.80. The van der Waals surface area contributed by atoms with Crippen LogP contribution in [0.2, 0.25) is 0 Å². The molecule has 0 aliphatic carbocycles. The molecule has 6 nitrogen and oxygen atoms in total. The van der Waals surface area contributed by atoms with Crippen LogP contribution in [-0.4, -0.2) is 28.5 Å². The number of rotatable bonds is 8. The van der Waals surface area contributed by atoms with Gasteiger partial charge in [0, 0.05) is 38.2 Å². The summed E-state index contributed by atoms with van der Waals surface area (Å²) >= 11 is 1.35. The number of hydrogen-bond acceptors (Lipinski definition) is 5. The summed E-state index contributed by atoms with van der Waals surface area (Å²) in [5.41, 5.74) is 0.972. The Morgan fingerprint density at radius 1 is 1.25 bits per heavy atom. The molecular formula is C20H23FN4O2S. The van der Waals surface area contributed by atoms with Crippen molar-refractivity contribution >= 4 is 33.4 Å². The van der Waals surface area contributed by atoms with Gasteiger partial charge in [0.15, 0.2) is 0 Å². The van der Waals surface area contributed by atoms with Gasteiger partial charge in [0.1, 0.15) is 10.5 Å². The number of carbonyl (C=O) groups is 1. The summed E-state index contributed by atoms with van der Waals surface area (Å²) in [6.45, 7) is 5.74. The Kier molecular flexibility index (Phi) is 6.41. The average Bonchev–Trinajstić information content (AvgIpc) is 3.17. The molecular weight excluding hydrogens is 379 g/mol. The van der Waals surface area contributed by atoms with Crippen LogP contribution >= 0.6 is 11.3 Å². The first-order chi connectivity index (χ1) is 13.5. The SMILES string of the molecule is CCN(CC)c1nc2ccsc2c(=O)n1CCC(=O)NCc1ccccc1F. The van der Waals surface area contributed by atoms with Gasteiger partial charge in [-0.1, -0.05) is 18.2 Å². The number of aromatic nitrogens is 2. The van der Waals surface area contributed by atoms with Crippen molar-refractivity contribution in [3.05, 3.63) is 57.4 Å². The molecule has 2 heterocycles. The first-order valence-corrected chi connectivity index (χ1v) is 10.2. The molecule has 0 aliphatic rings. The summed E-state index contributed by atoms with van der Waals surface area (Å²) in [5.74, 6) is -0.0232. The number of benzene rings is 1. The molecule has 3 aromatic rings. The highest BCUT2D eigenvalue weighted by Crippen LogP contribution is 2.19. The Labute approximate surface area is 166 Å². The monoisotopic (exact) mass is 402 g/mol. The molecule has 2 aromatic heterocycles. The maximum Gasteiger partial charge on any atom is 0.272 e. The van der Waals surface area contributed by atoms with Crippen LogP contribution in [0.4, 0.5) is 10.3 Å². The van der Waals surface area contributed by atoms with Crippen LogP contribution in [0, 0.1) is 5.82 Å². The van der Waals surface area contributed by atoms with Crippen molar-refractivity contribution in [1.29, 1.82) is 0 Å². The molecule has 8 heteroatoms. The maximum absolute atomic E-state index is 13.7. The van der Waals surface area contributed by atoms with Crippen molar-refractivity contribution in [3.8, 4) is 0 Å². The van der Waals surface area contributed by atoms with Gasteiger partial charge in [0.25, 0.3) is 5.56 Å². The van der Waals surface area contributed by atoms with Crippen LogP contribution in [0.15, 0.2) is 40.5 Å². The molecule has 0 unspecified atom stereocenters. The summed E-state index contributed by atoms with van der Waals surface area (Å²) in [4.78, 5) is 31.8. The molecule has 0 aliphatic heterocycles. The maximum atomic E-state index is 13.7. The summed E-state index contributed by atoms with van der Waals surface area (Å²) in [7, 11) is 0. The highest BCUT2D eigenvalue weighted by atomic mass is 32.1.